The van der Waals surface area contributed by atoms with E-state index in [0.717, 1.165) is 0 Å². The Morgan fingerprint density at radius 3 is 2.47 bits per heavy atom. The van der Waals surface area contributed by atoms with Gasteiger partial charge in [0, 0.05) is 11.6 Å². The first-order chi connectivity index (χ1) is 6.97. The van der Waals surface area contributed by atoms with E-state index in [1.54, 1.807) is 6.92 Å². The number of ether oxygens (including phenoxy) is 1. The van der Waals surface area contributed by atoms with E-state index in [4.69, 9.17) is 4.74 Å². The van der Waals surface area contributed by atoms with Crippen molar-refractivity contribution in [3.63, 3.8) is 0 Å². The lowest BCUT2D eigenvalue weighted by Crippen LogP contribution is -2.01. The maximum absolute atomic E-state index is 11.2. The molecule has 5 nitrogen and oxygen atoms in total. The van der Waals surface area contributed by atoms with Gasteiger partial charge in [-0.15, -0.1) is 0 Å². The molecule has 0 spiro atoms. The van der Waals surface area contributed by atoms with Gasteiger partial charge in [-0.3, -0.25) is 14.9 Å². The molecule has 0 bridgehead atoms. The van der Waals surface area contributed by atoms with Crippen molar-refractivity contribution in [2.45, 2.75) is 13.8 Å². The molecule has 0 saturated carbocycles. The highest BCUT2D eigenvalue weighted by atomic mass is 16.6. The molecule has 0 unspecified atom stereocenters. The van der Waals surface area contributed by atoms with E-state index < -0.39 is 4.92 Å². The monoisotopic (exact) mass is 209 g/mol. The summed E-state index contributed by atoms with van der Waals surface area (Å²) in [5, 5.41) is 10.7. The second-order valence-electron chi connectivity index (χ2n) is 3.15. The quantitative estimate of drug-likeness (QED) is 0.434. The lowest BCUT2D eigenvalue weighted by molar-refractivity contribution is -0.385. The van der Waals surface area contributed by atoms with E-state index in [-0.39, 0.29) is 17.2 Å². The minimum absolute atomic E-state index is 0.169. The number of rotatable bonds is 3. The SMILES string of the molecule is COc1cc(C)c(C(C)=O)cc1[N+](=O)[O-]. The molecule has 0 atom stereocenters. The smallest absolute Gasteiger partial charge is 0.311 e. The lowest BCUT2D eigenvalue weighted by atomic mass is 10.0. The first kappa shape index (κ1) is 11.2. The Hall–Kier alpha value is -1.91. The van der Waals surface area contributed by atoms with Crippen LogP contribution in [0.4, 0.5) is 5.69 Å². The van der Waals surface area contributed by atoms with Crippen LogP contribution < -0.4 is 4.74 Å². The molecule has 0 radical (unpaired) electrons. The molecule has 1 aromatic carbocycles. The van der Waals surface area contributed by atoms with Crippen LogP contribution in [0.15, 0.2) is 12.1 Å². The summed E-state index contributed by atoms with van der Waals surface area (Å²) in [4.78, 5) is 21.3. The Bertz CT molecular complexity index is 426. The fourth-order valence-corrected chi connectivity index (χ4v) is 1.36. The third-order valence-electron chi connectivity index (χ3n) is 2.10. The molecule has 1 aromatic rings. The predicted molar refractivity (Wildman–Crippen MR) is 54.4 cm³/mol. The normalized spacial score (nSPS) is 9.80. The van der Waals surface area contributed by atoms with Crippen molar-refractivity contribution in [2.24, 2.45) is 0 Å². The minimum atomic E-state index is -0.565. The molecule has 80 valence electrons. The fourth-order valence-electron chi connectivity index (χ4n) is 1.36. The summed E-state index contributed by atoms with van der Waals surface area (Å²) in [5.41, 5.74) is 0.834. The Balaban J connectivity index is 3.43. The maximum Gasteiger partial charge on any atom is 0.311 e. The van der Waals surface area contributed by atoms with Gasteiger partial charge in [-0.05, 0) is 25.5 Å². The third kappa shape index (κ3) is 2.12. The van der Waals surface area contributed by atoms with E-state index in [0.29, 0.717) is 11.1 Å². The number of hydrogen-bond acceptors (Lipinski definition) is 4. The second-order valence-corrected chi connectivity index (χ2v) is 3.15. The summed E-state index contributed by atoms with van der Waals surface area (Å²) < 4.78 is 4.87. The molecule has 0 aromatic heterocycles. The topological polar surface area (TPSA) is 69.4 Å². The number of carbonyl (C=O) groups excluding carboxylic acids is 1. The number of nitrogens with zero attached hydrogens (tertiary/aromatic N) is 1. The number of Topliss-reactive ketones (excluding diaryl/α,β-unsaturated/α-hetero) is 1. The summed E-state index contributed by atoms with van der Waals surface area (Å²) in [5.74, 6) is -0.0271. The van der Waals surface area contributed by atoms with Crippen LogP contribution in [0.25, 0.3) is 0 Å². The van der Waals surface area contributed by atoms with Gasteiger partial charge < -0.3 is 4.74 Å². The standard InChI is InChI=1S/C10H11NO4/c1-6-4-10(15-3)9(11(13)14)5-8(6)7(2)12/h4-5H,1-3H3. The number of benzene rings is 1. The van der Waals surface area contributed by atoms with E-state index >= 15 is 0 Å². The summed E-state index contributed by atoms with van der Waals surface area (Å²) in [7, 11) is 1.36. The van der Waals surface area contributed by atoms with Crippen LogP contribution >= 0.6 is 0 Å². The van der Waals surface area contributed by atoms with Crippen LogP contribution in [0.5, 0.6) is 5.75 Å². The van der Waals surface area contributed by atoms with Crippen molar-refractivity contribution in [3.05, 3.63) is 33.4 Å². The number of hydrogen-bond donors (Lipinski definition) is 0. The first-order valence-corrected chi connectivity index (χ1v) is 4.31. The zero-order chi connectivity index (χ0) is 11.6. The van der Waals surface area contributed by atoms with Crippen LogP contribution in [0.3, 0.4) is 0 Å². The second kappa shape index (κ2) is 4.08. The van der Waals surface area contributed by atoms with Crippen molar-refractivity contribution < 1.29 is 14.5 Å². The Kier molecular flexibility index (Phi) is 3.04. The van der Waals surface area contributed by atoms with Gasteiger partial charge in [0.1, 0.15) is 0 Å². The van der Waals surface area contributed by atoms with Crippen LogP contribution in [0.2, 0.25) is 0 Å². The maximum atomic E-state index is 11.2. The fraction of sp³-hybridized carbons (Fsp3) is 0.300. The zero-order valence-electron chi connectivity index (χ0n) is 8.73. The van der Waals surface area contributed by atoms with E-state index in [2.05, 4.69) is 0 Å². The molecule has 1 rings (SSSR count). The number of methoxy groups -OCH3 is 1. The number of aryl methyl sites for hydroxylation is 1. The van der Waals surface area contributed by atoms with Gasteiger partial charge in [0.25, 0.3) is 0 Å². The number of nitro benzene ring substituents is 1. The van der Waals surface area contributed by atoms with Crippen molar-refractivity contribution >= 4 is 11.5 Å². The van der Waals surface area contributed by atoms with Crippen LogP contribution in [-0.2, 0) is 0 Å². The molecular weight excluding hydrogens is 198 g/mol. The van der Waals surface area contributed by atoms with Gasteiger partial charge in [0.2, 0.25) is 0 Å². The highest BCUT2D eigenvalue weighted by molar-refractivity contribution is 5.96. The average molecular weight is 209 g/mol. The summed E-state index contributed by atoms with van der Waals surface area (Å²) in [6.45, 7) is 3.08. The van der Waals surface area contributed by atoms with Gasteiger partial charge >= 0.3 is 5.69 Å². The van der Waals surface area contributed by atoms with Crippen LogP contribution in [0, 0.1) is 17.0 Å². The summed E-state index contributed by atoms with van der Waals surface area (Å²) in [6, 6.07) is 2.74. The van der Waals surface area contributed by atoms with Gasteiger partial charge in [0.15, 0.2) is 11.5 Å². The molecule has 0 fully saturated rings. The molecule has 15 heavy (non-hydrogen) atoms. The number of nitro groups is 1. The summed E-state index contributed by atoms with van der Waals surface area (Å²) >= 11 is 0. The molecule has 0 amide bonds. The molecule has 0 heterocycles. The van der Waals surface area contributed by atoms with Crippen molar-refractivity contribution in [2.75, 3.05) is 7.11 Å². The first-order valence-electron chi connectivity index (χ1n) is 4.31. The molecule has 0 aliphatic rings. The van der Waals surface area contributed by atoms with Crippen molar-refractivity contribution in [1.82, 2.24) is 0 Å². The van der Waals surface area contributed by atoms with Gasteiger partial charge in [-0.2, -0.15) is 0 Å². The van der Waals surface area contributed by atoms with Crippen LogP contribution in [0.1, 0.15) is 22.8 Å². The molecule has 0 aliphatic carbocycles. The van der Waals surface area contributed by atoms with Crippen LogP contribution in [-0.4, -0.2) is 17.8 Å². The molecule has 0 saturated heterocycles. The van der Waals surface area contributed by atoms with Crippen molar-refractivity contribution in [3.8, 4) is 5.75 Å². The highest BCUT2D eigenvalue weighted by Gasteiger charge is 2.18. The minimum Gasteiger partial charge on any atom is -0.490 e. The van der Waals surface area contributed by atoms with E-state index in [1.807, 2.05) is 0 Å². The van der Waals surface area contributed by atoms with Gasteiger partial charge in [-0.25, -0.2) is 0 Å². The van der Waals surface area contributed by atoms with Gasteiger partial charge in [0.05, 0.1) is 12.0 Å². The molecule has 0 N–H and O–H groups in total. The zero-order valence-corrected chi connectivity index (χ0v) is 8.73. The predicted octanol–water partition coefficient (Wildman–Crippen LogP) is 2.11. The summed E-state index contributed by atoms with van der Waals surface area (Å²) in [6.07, 6.45) is 0. The molecule has 5 heteroatoms. The number of ketones is 1. The van der Waals surface area contributed by atoms with Crippen molar-refractivity contribution in [1.29, 1.82) is 0 Å². The average Bonchev–Trinajstić information content (AvgIpc) is 2.16. The molecule has 0 aliphatic heterocycles. The largest absolute Gasteiger partial charge is 0.490 e. The Morgan fingerprint density at radius 1 is 1.47 bits per heavy atom. The highest BCUT2D eigenvalue weighted by Crippen LogP contribution is 2.30. The lowest BCUT2D eigenvalue weighted by Gasteiger charge is -2.06. The third-order valence-corrected chi connectivity index (χ3v) is 2.10. The van der Waals surface area contributed by atoms with E-state index in [1.165, 1.54) is 26.2 Å². The number of carbonyl (C=O) groups is 1. The Morgan fingerprint density at radius 2 is 2.07 bits per heavy atom. The van der Waals surface area contributed by atoms with E-state index in [9.17, 15) is 14.9 Å². The Labute approximate surface area is 86.8 Å². The molecular formula is C10H11NO4. The van der Waals surface area contributed by atoms with Gasteiger partial charge in [-0.1, -0.05) is 0 Å².